The zero-order valence-corrected chi connectivity index (χ0v) is 11.2. The molecule has 0 saturated carbocycles. The number of hydrogen-bond acceptors (Lipinski definition) is 3. The lowest BCUT2D eigenvalue weighted by atomic mass is 10.1. The van der Waals surface area contributed by atoms with Gasteiger partial charge in [-0.15, -0.1) is 0 Å². The van der Waals surface area contributed by atoms with Crippen LogP contribution in [0, 0.1) is 0 Å². The monoisotopic (exact) mass is 275 g/mol. The third-order valence-electron chi connectivity index (χ3n) is 3.00. The summed E-state index contributed by atoms with van der Waals surface area (Å²) in [6.45, 7) is 0. The Hall–Kier alpha value is -3.01. The van der Waals surface area contributed by atoms with Crippen molar-refractivity contribution in [2.45, 2.75) is 0 Å². The first kappa shape index (κ1) is 13.0. The number of anilines is 1. The van der Waals surface area contributed by atoms with Gasteiger partial charge in [-0.3, -0.25) is 14.8 Å². The smallest absolute Gasteiger partial charge is 0.274 e. The van der Waals surface area contributed by atoms with Crippen LogP contribution in [-0.2, 0) is 0 Å². The molecule has 1 amide bonds. The Balaban J connectivity index is 1.75. The Bertz CT molecular complexity index is 725. The molecule has 0 unspecified atom stereocenters. The Labute approximate surface area is 122 Å². The number of pyridine rings is 2. The molecule has 0 aliphatic heterocycles. The average Bonchev–Trinajstić information content (AvgIpc) is 2.57. The molecule has 102 valence electrons. The van der Waals surface area contributed by atoms with Crippen molar-refractivity contribution in [3.8, 4) is 11.3 Å². The Morgan fingerprint density at radius 1 is 0.810 bits per heavy atom. The van der Waals surface area contributed by atoms with Crippen molar-refractivity contribution in [3.63, 3.8) is 0 Å². The lowest BCUT2D eigenvalue weighted by Crippen LogP contribution is -2.13. The van der Waals surface area contributed by atoms with Gasteiger partial charge in [0.05, 0.1) is 5.69 Å². The average molecular weight is 275 g/mol. The molecule has 3 rings (SSSR count). The maximum absolute atomic E-state index is 12.0. The van der Waals surface area contributed by atoms with E-state index in [9.17, 15) is 4.79 Å². The molecule has 3 aromatic rings. The Kier molecular flexibility index (Phi) is 3.69. The molecule has 0 spiro atoms. The highest BCUT2D eigenvalue weighted by Gasteiger charge is 2.06. The molecule has 1 aromatic carbocycles. The number of amides is 1. The minimum Gasteiger partial charge on any atom is -0.321 e. The van der Waals surface area contributed by atoms with Gasteiger partial charge in [0.15, 0.2) is 0 Å². The number of aromatic nitrogens is 2. The second kappa shape index (κ2) is 5.96. The van der Waals surface area contributed by atoms with E-state index in [1.807, 2.05) is 42.5 Å². The van der Waals surface area contributed by atoms with Crippen molar-refractivity contribution in [2.24, 2.45) is 0 Å². The summed E-state index contributed by atoms with van der Waals surface area (Å²) in [5.41, 5.74) is 3.03. The van der Waals surface area contributed by atoms with Crippen LogP contribution in [0.5, 0.6) is 0 Å². The molecule has 0 fully saturated rings. The zero-order chi connectivity index (χ0) is 14.5. The molecule has 0 radical (unpaired) electrons. The van der Waals surface area contributed by atoms with Crippen LogP contribution in [0.2, 0.25) is 0 Å². The number of nitrogens with one attached hydrogen (secondary N) is 1. The topological polar surface area (TPSA) is 54.9 Å². The molecule has 4 nitrogen and oxygen atoms in total. The first-order chi connectivity index (χ1) is 10.3. The summed E-state index contributed by atoms with van der Waals surface area (Å²) >= 11 is 0. The van der Waals surface area contributed by atoms with E-state index in [4.69, 9.17) is 0 Å². The summed E-state index contributed by atoms with van der Waals surface area (Å²) in [4.78, 5) is 20.3. The molecule has 0 atom stereocenters. The predicted molar refractivity (Wildman–Crippen MR) is 81.9 cm³/mol. The van der Waals surface area contributed by atoms with Crippen LogP contribution in [0.25, 0.3) is 11.3 Å². The third kappa shape index (κ3) is 3.12. The molecule has 1 N–H and O–H groups in total. The van der Waals surface area contributed by atoms with Crippen LogP contribution in [0.4, 0.5) is 5.69 Å². The van der Waals surface area contributed by atoms with Crippen molar-refractivity contribution in [1.82, 2.24) is 9.97 Å². The molecule has 0 aliphatic rings. The minimum absolute atomic E-state index is 0.221. The minimum atomic E-state index is -0.221. The fourth-order valence-electron chi connectivity index (χ4n) is 1.95. The predicted octanol–water partition coefficient (Wildman–Crippen LogP) is 3.40. The summed E-state index contributed by atoms with van der Waals surface area (Å²) in [6.07, 6.45) is 3.35. The van der Waals surface area contributed by atoms with Crippen LogP contribution in [-0.4, -0.2) is 15.9 Å². The molecular weight excluding hydrogens is 262 g/mol. The number of rotatable bonds is 3. The van der Waals surface area contributed by atoms with Gasteiger partial charge in [0.25, 0.3) is 5.91 Å². The number of hydrogen-bond donors (Lipinski definition) is 1. The van der Waals surface area contributed by atoms with Crippen LogP contribution >= 0.6 is 0 Å². The van der Waals surface area contributed by atoms with Crippen LogP contribution in [0.1, 0.15) is 10.5 Å². The molecule has 0 saturated heterocycles. The van der Waals surface area contributed by atoms with E-state index in [0.29, 0.717) is 5.69 Å². The number of carbonyl (C=O) groups is 1. The lowest BCUT2D eigenvalue weighted by molar-refractivity contribution is 0.102. The Morgan fingerprint density at radius 2 is 1.52 bits per heavy atom. The second-order valence-electron chi connectivity index (χ2n) is 4.46. The van der Waals surface area contributed by atoms with Crippen LogP contribution < -0.4 is 5.32 Å². The fourth-order valence-corrected chi connectivity index (χ4v) is 1.95. The SMILES string of the molecule is O=C(Nc1ccc(-c2ccccn2)cc1)c1ccccn1. The molecule has 2 aromatic heterocycles. The van der Waals surface area contributed by atoms with E-state index < -0.39 is 0 Å². The standard InChI is InChI=1S/C17H13N3O/c21-17(16-6-2-4-12-19-16)20-14-9-7-13(8-10-14)15-5-1-3-11-18-15/h1-12H,(H,20,21). The van der Waals surface area contributed by atoms with E-state index in [-0.39, 0.29) is 5.91 Å². The van der Waals surface area contributed by atoms with Crippen LogP contribution in [0.15, 0.2) is 73.1 Å². The largest absolute Gasteiger partial charge is 0.321 e. The normalized spacial score (nSPS) is 10.1. The summed E-state index contributed by atoms with van der Waals surface area (Å²) in [6, 6.07) is 18.6. The van der Waals surface area contributed by atoms with Gasteiger partial charge >= 0.3 is 0 Å². The summed E-state index contributed by atoms with van der Waals surface area (Å²) in [7, 11) is 0. The summed E-state index contributed by atoms with van der Waals surface area (Å²) in [5.74, 6) is -0.221. The van der Waals surface area contributed by atoms with Gasteiger partial charge in [-0.25, -0.2) is 0 Å². The second-order valence-corrected chi connectivity index (χ2v) is 4.46. The highest BCUT2D eigenvalue weighted by Crippen LogP contribution is 2.19. The lowest BCUT2D eigenvalue weighted by Gasteiger charge is -2.06. The number of carbonyl (C=O) groups excluding carboxylic acids is 1. The maximum atomic E-state index is 12.0. The van der Waals surface area contributed by atoms with Gasteiger partial charge < -0.3 is 5.32 Å². The van der Waals surface area contributed by atoms with Crippen molar-refractivity contribution in [3.05, 3.63) is 78.8 Å². The summed E-state index contributed by atoms with van der Waals surface area (Å²) < 4.78 is 0. The van der Waals surface area contributed by atoms with Crippen molar-refractivity contribution in [2.75, 3.05) is 5.32 Å². The van der Waals surface area contributed by atoms with E-state index >= 15 is 0 Å². The zero-order valence-electron chi connectivity index (χ0n) is 11.2. The number of benzene rings is 1. The molecule has 0 aliphatic carbocycles. The van der Waals surface area contributed by atoms with E-state index in [1.54, 1.807) is 30.6 Å². The van der Waals surface area contributed by atoms with Gasteiger partial charge in [0.1, 0.15) is 5.69 Å². The summed E-state index contributed by atoms with van der Waals surface area (Å²) in [5, 5.41) is 2.82. The fraction of sp³-hybridized carbons (Fsp3) is 0. The van der Waals surface area contributed by atoms with Crippen molar-refractivity contribution < 1.29 is 4.79 Å². The van der Waals surface area contributed by atoms with Gasteiger partial charge in [0, 0.05) is 23.6 Å². The van der Waals surface area contributed by atoms with E-state index in [0.717, 1.165) is 16.9 Å². The van der Waals surface area contributed by atoms with E-state index in [2.05, 4.69) is 15.3 Å². The highest BCUT2D eigenvalue weighted by molar-refractivity contribution is 6.02. The molecular formula is C17H13N3O. The highest BCUT2D eigenvalue weighted by atomic mass is 16.1. The molecule has 2 heterocycles. The van der Waals surface area contributed by atoms with Gasteiger partial charge in [0.2, 0.25) is 0 Å². The first-order valence-electron chi connectivity index (χ1n) is 6.57. The van der Waals surface area contributed by atoms with Gasteiger partial charge in [-0.1, -0.05) is 24.3 Å². The first-order valence-corrected chi connectivity index (χ1v) is 6.57. The van der Waals surface area contributed by atoms with Crippen molar-refractivity contribution >= 4 is 11.6 Å². The van der Waals surface area contributed by atoms with Gasteiger partial charge in [-0.05, 0) is 36.4 Å². The molecule has 0 bridgehead atoms. The van der Waals surface area contributed by atoms with Gasteiger partial charge in [-0.2, -0.15) is 0 Å². The Morgan fingerprint density at radius 3 is 2.14 bits per heavy atom. The quantitative estimate of drug-likeness (QED) is 0.797. The number of nitrogens with zero attached hydrogens (tertiary/aromatic N) is 2. The third-order valence-corrected chi connectivity index (χ3v) is 3.00. The van der Waals surface area contributed by atoms with E-state index in [1.165, 1.54) is 0 Å². The molecule has 4 heteroatoms. The molecule has 21 heavy (non-hydrogen) atoms. The maximum Gasteiger partial charge on any atom is 0.274 e. The van der Waals surface area contributed by atoms with Crippen LogP contribution in [0.3, 0.4) is 0 Å². The van der Waals surface area contributed by atoms with Crippen molar-refractivity contribution in [1.29, 1.82) is 0 Å².